The summed E-state index contributed by atoms with van der Waals surface area (Å²) in [6.45, 7) is 6.42. The van der Waals surface area contributed by atoms with Crippen molar-refractivity contribution in [2.24, 2.45) is 5.16 Å². The second-order valence-corrected chi connectivity index (χ2v) is 5.46. The van der Waals surface area contributed by atoms with Crippen molar-refractivity contribution in [2.75, 3.05) is 25.4 Å². The molecule has 0 radical (unpaired) electrons. The maximum absolute atomic E-state index is 13.0. The molecule has 0 aliphatic heterocycles. The van der Waals surface area contributed by atoms with Crippen LogP contribution >= 0.6 is 11.8 Å². The van der Waals surface area contributed by atoms with Gasteiger partial charge in [0.1, 0.15) is 31.2 Å². The molecule has 1 aromatic carbocycles. The van der Waals surface area contributed by atoms with Crippen molar-refractivity contribution in [2.45, 2.75) is 20.8 Å². The van der Waals surface area contributed by atoms with E-state index in [1.165, 1.54) is 18.9 Å². The summed E-state index contributed by atoms with van der Waals surface area (Å²) in [7, 11) is 1.31. The van der Waals surface area contributed by atoms with E-state index in [0.29, 0.717) is 12.5 Å². The standard InChI is InChI=1S/C16H22FNO3S/c1-5-6-7-20-14-8-12(2)16(13(3)9-14)21-11-22-10-15(17)18-19-4/h5-6,8-9H,7,10-11H2,1-4H3/b6-5+,18-15-. The van der Waals surface area contributed by atoms with Crippen LogP contribution in [0.3, 0.4) is 0 Å². The monoisotopic (exact) mass is 327 g/mol. The van der Waals surface area contributed by atoms with Gasteiger partial charge in [0.2, 0.25) is 5.97 Å². The van der Waals surface area contributed by atoms with Crippen molar-refractivity contribution in [1.29, 1.82) is 0 Å². The van der Waals surface area contributed by atoms with Crippen LogP contribution in [0.5, 0.6) is 11.5 Å². The molecule has 0 N–H and O–H groups in total. The Morgan fingerprint density at radius 2 is 1.95 bits per heavy atom. The maximum atomic E-state index is 13.0. The SMILES string of the molecule is C/C=C/COc1cc(C)c(OCSC/C(F)=N/OC)c(C)c1. The summed E-state index contributed by atoms with van der Waals surface area (Å²) >= 11 is 1.29. The number of nitrogens with zero attached hydrogens (tertiary/aromatic N) is 1. The van der Waals surface area contributed by atoms with Gasteiger partial charge in [0, 0.05) is 0 Å². The van der Waals surface area contributed by atoms with Crippen LogP contribution in [-0.2, 0) is 4.84 Å². The molecule has 4 nitrogen and oxygen atoms in total. The average Bonchev–Trinajstić information content (AvgIpc) is 2.46. The number of hydrogen-bond acceptors (Lipinski definition) is 5. The van der Waals surface area contributed by atoms with E-state index in [9.17, 15) is 4.39 Å². The number of benzene rings is 1. The topological polar surface area (TPSA) is 40.0 Å². The first kappa shape index (κ1) is 18.4. The number of rotatable bonds is 9. The largest absolute Gasteiger partial charge is 0.490 e. The first-order valence-corrected chi connectivity index (χ1v) is 8.05. The van der Waals surface area contributed by atoms with Gasteiger partial charge >= 0.3 is 0 Å². The van der Waals surface area contributed by atoms with Crippen LogP contribution in [0.1, 0.15) is 18.1 Å². The fraction of sp³-hybridized carbons (Fsp3) is 0.438. The molecule has 0 aliphatic rings. The van der Waals surface area contributed by atoms with Gasteiger partial charge in [-0.15, -0.1) is 11.8 Å². The number of allylic oxidation sites excluding steroid dienone is 1. The van der Waals surface area contributed by atoms with Crippen LogP contribution in [0.2, 0.25) is 0 Å². The Morgan fingerprint density at radius 3 is 2.55 bits per heavy atom. The molecule has 0 bridgehead atoms. The summed E-state index contributed by atoms with van der Waals surface area (Å²) < 4.78 is 24.3. The molecule has 0 atom stereocenters. The minimum Gasteiger partial charge on any atom is -0.490 e. The number of oxime groups is 1. The molecule has 0 saturated carbocycles. The van der Waals surface area contributed by atoms with Crippen molar-refractivity contribution in [3.05, 3.63) is 35.4 Å². The van der Waals surface area contributed by atoms with Crippen LogP contribution in [-0.4, -0.2) is 31.4 Å². The molecule has 122 valence electrons. The molecule has 6 heteroatoms. The van der Waals surface area contributed by atoms with E-state index in [1.807, 2.05) is 45.1 Å². The lowest BCUT2D eigenvalue weighted by Gasteiger charge is -2.14. The molecule has 0 unspecified atom stereocenters. The highest BCUT2D eigenvalue weighted by Gasteiger charge is 2.08. The number of thioether (sulfide) groups is 1. The van der Waals surface area contributed by atoms with Crippen LogP contribution in [0, 0.1) is 13.8 Å². The molecule has 0 aliphatic carbocycles. The fourth-order valence-corrected chi connectivity index (χ4v) is 2.32. The highest BCUT2D eigenvalue weighted by atomic mass is 32.2. The Balaban J connectivity index is 2.55. The van der Waals surface area contributed by atoms with E-state index in [2.05, 4.69) is 9.99 Å². The summed E-state index contributed by atoms with van der Waals surface area (Å²) in [5.41, 5.74) is 1.98. The molecular weight excluding hydrogens is 305 g/mol. The summed E-state index contributed by atoms with van der Waals surface area (Å²) in [4.78, 5) is 4.35. The van der Waals surface area contributed by atoms with Gasteiger partial charge in [0.25, 0.3) is 0 Å². The third-order valence-electron chi connectivity index (χ3n) is 2.71. The quantitative estimate of drug-likeness (QED) is 0.223. The smallest absolute Gasteiger partial charge is 0.236 e. The molecule has 0 heterocycles. The number of halogens is 1. The molecule has 0 aromatic heterocycles. The van der Waals surface area contributed by atoms with Crippen molar-refractivity contribution in [3.63, 3.8) is 0 Å². The lowest BCUT2D eigenvalue weighted by atomic mass is 10.1. The Bertz CT molecular complexity index is 509. The molecular formula is C16H22FNO3S. The maximum Gasteiger partial charge on any atom is 0.236 e. The van der Waals surface area contributed by atoms with Crippen LogP contribution in [0.4, 0.5) is 4.39 Å². The number of hydrogen-bond donors (Lipinski definition) is 0. The van der Waals surface area contributed by atoms with E-state index in [4.69, 9.17) is 9.47 Å². The Morgan fingerprint density at radius 1 is 1.27 bits per heavy atom. The zero-order chi connectivity index (χ0) is 16.4. The van der Waals surface area contributed by atoms with Gasteiger partial charge in [0.05, 0.1) is 5.75 Å². The second kappa shape index (κ2) is 10.1. The van der Waals surface area contributed by atoms with Gasteiger partial charge < -0.3 is 14.3 Å². The molecule has 0 fully saturated rings. The molecule has 0 spiro atoms. The van der Waals surface area contributed by atoms with Crippen LogP contribution in [0.25, 0.3) is 0 Å². The fourth-order valence-electron chi connectivity index (χ4n) is 1.81. The van der Waals surface area contributed by atoms with Crippen LogP contribution < -0.4 is 9.47 Å². The van der Waals surface area contributed by atoms with Crippen molar-refractivity contribution >= 4 is 17.7 Å². The Labute approximate surface area is 135 Å². The molecule has 0 amide bonds. The van der Waals surface area contributed by atoms with E-state index >= 15 is 0 Å². The highest BCUT2D eigenvalue weighted by molar-refractivity contribution is 7.99. The van der Waals surface area contributed by atoms with Gasteiger partial charge in [-0.3, -0.25) is 0 Å². The third kappa shape index (κ3) is 6.39. The lowest BCUT2D eigenvalue weighted by Crippen LogP contribution is -2.02. The Hall–Kier alpha value is -1.69. The first-order valence-electron chi connectivity index (χ1n) is 6.89. The normalized spacial score (nSPS) is 11.8. The van der Waals surface area contributed by atoms with Gasteiger partial charge in [-0.05, 0) is 44.0 Å². The highest BCUT2D eigenvalue weighted by Crippen LogP contribution is 2.29. The average molecular weight is 327 g/mol. The first-order chi connectivity index (χ1) is 10.6. The van der Waals surface area contributed by atoms with Crippen molar-refractivity contribution < 1.29 is 18.7 Å². The van der Waals surface area contributed by atoms with Gasteiger partial charge in [-0.2, -0.15) is 4.39 Å². The summed E-state index contributed by atoms with van der Waals surface area (Å²) in [6, 6.07) is 3.87. The minimum absolute atomic E-state index is 0.122. The van der Waals surface area contributed by atoms with Gasteiger partial charge in [0.15, 0.2) is 0 Å². The van der Waals surface area contributed by atoms with E-state index in [-0.39, 0.29) is 5.75 Å². The zero-order valence-corrected chi connectivity index (χ0v) is 14.2. The Kier molecular flexibility index (Phi) is 8.43. The van der Waals surface area contributed by atoms with E-state index < -0.39 is 5.97 Å². The second-order valence-electron chi connectivity index (χ2n) is 4.53. The predicted octanol–water partition coefficient (Wildman–Crippen LogP) is 4.26. The van der Waals surface area contributed by atoms with Crippen molar-refractivity contribution in [1.82, 2.24) is 0 Å². The third-order valence-corrected chi connectivity index (χ3v) is 3.44. The van der Waals surface area contributed by atoms with Gasteiger partial charge in [-0.25, -0.2) is 0 Å². The summed E-state index contributed by atoms with van der Waals surface area (Å²) in [5, 5.41) is 3.20. The molecule has 22 heavy (non-hydrogen) atoms. The van der Waals surface area contributed by atoms with Gasteiger partial charge in [-0.1, -0.05) is 17.3 Å². The predicted molar refractivity (Wildman–Crippen MR) is 89.7 cm³/mol. The van der Waals surface area contributed by atoms with Crippen LogP contribution in [0.15, 0.2) is 29.4 Å². The van der Waals surface area contributed by atoms with E-state index in [1.54, 1.807) is 0 Å². The zero-order valence-electron chi connectivity index (χ0n) is 13.4. The molecule has 0 saturated heterocycles. The number of ether oxygens (including phenoxy) is 2. The molecule has 1 rings (SSSR count). The van der Waals surface area contributed by atoms with E-state index in [0.717, 1.165) is 22.6 Å². The van der Waals surface area contributed by atoms with Crippen molar-refractivity contribution in [3.8, 4) is 11.5 Å². The number of aryl methyl sites for hydroxylation is 2. The summed E-state index contributed by atoms with van der Waals surface area (Å²) in [5.74, 6) is 1.52. The summed E-state index contributed by atoms with van der Waals surface area (Å²) in [6.07, 6.45) is 3.89. The molecule has 1 aromatic rings. The lowest BCUT2D eigenvalue weighted by molar-refractivity contribution is 0.209. The minimum atomic E-state index is -0.558.